The first-order valence-electron chi connectivity index (χ1n) is 35.6. The minimum atomic E-state index is -0.785. The van der Waals surface area contributed by atoms with Crippen molar-refractivity contribution in [1.82, 2.24) is 0 Å². The van der Waals surface area contributed by atoms with Crippen LogP contribution in [0.25, 0.3) is 0 Å². The summed E-state index contributed by atoms with van der Waals surface area (Å²) in [5, 5.41) is 0. The zero-order valence-electron chi connectivity index (χ0n) is 54.5. The Bertz CT molecular complexity index is 1550. The van der Waals surface area contributed by atoms with Gasteiger partial charge in [0, 0.05) is 19.3 Å². The minimum absolute atomic E-state index is 0.0784. The Morgan fingerprint density at radius 1 is 0.256 bits per heavy atom. The first-order valence-corrected chi connectivity index (χ1v) is 35.6. The molecular formula is C76H134O6. The molecule has 0 N–H and O–H groups in total. The number of allylic oxidation sites excluding steroid dienone is 14. The fourth-order valence-corrected chi connectivity index (χ4v) is 10.3. The Labute approximate surface area is 509 Å². The molecule has 0 rings (SSSR count). The second-order valence-electron chi connectivity index (χ2n) is 23.8. The second kappa shape index (κ2) is 70.1. The molecule has 1 unspecified atom stereocenters. The van der Waals surface area contributed by atoms with Crippen LogP contribution in [0.2, 0.25) is 0 Å². The molecule has 0 amide bonds. The highest BCUT2D eigenvalue weighted by molar-refractivity contribution is 5.71. The molecule has 0 aromatic heterocycles. The van der Waals surface area contributed by atoms with E-state index in [-0.39, 0.29) is 31.1 Å². The number of carbonyl (C=O) groups is 3. The van der Waals surface area contributed by atoms with Crippen molar-refractivity contribution in [2.75, 3.05) is 13.2 Å². The summed E-state index contributed by atoms with van der Waals surface area (Å²) in [7, 11) is 0. The Morgan fingerprint density at radius 3 is 0.744 bits per heavy atom. The van der Waals surface area contributed by atoms with E-state index >= 15 is 0 Å². The molecule has 0 aliphatic heterocycles. The number of hydrogen-bond donors (Lipinski definition) is 0. The van der Waals surface area contributed by atoms with Crippen molar-refractivity contribution in [3.63, 3.8) is 0 Å². The van der Waals surface area contributed by atoms with Crippen LogP contribution in [0.3, 0.4) is 0 Å². The van der Waals surface area contributed by atoms with E-state index in [1.165, 1.54) is 212 Å². The van der Waals surface area contributed by atoms with Crippen LogP contribution in [0.5, 0.6) is 0 Å². The van der Waals surface area contributed by atoms with Gasteiger partial charge < -0.3 is 14.2 Å². The fourth-order valence-electron chi connectivity index (χ4n) is 10.3. The Balaban J connectivity index is 4.36. The molecule has 0 aromatic rings. The Hall–Kier alpha value is -3.41. The molecule has 0 radical (unpaired) electrons. The largest absolute Gasteiger partial charge is 0.462 e. The van der Waals surface area contributed by atoms with E-state index in [4.69, 9.17) is 14.2 Å². The van der Waals surface area contributed by atoms with Gasteiger partial charge in [0.15, 0.2) is 6.10 Å². The molecule has 0 saturated heterocycles. The van der Waals surface area contributed by atoms with Gasteiger partial charge in [0.2, 0.25) is 0 Å². The highest BCUT2D eigenvalue weighted by Gasteiger charge is 2.19. The third kappa shape index (κ3) is 67.4. The van der Waals surface area contributed by atoms with Crippen molar-refractivity contribution in [3.8, 4) is 0 Å². The monoisotopic (exact) mass is 1140 g/mol. The lowest BCUT2D eigenvalue weighted by Gasteiger charge is -2.18. The summed E-state index contributed by atoms with van der Waals surface area (Å²) in [6, 6.07) is 0. The highest BCUT2D eigenvalue weighted by atomic mass is 16.6. The van der Waals surface area contributed by atoms with E-state index < -0.39 is 6.10 Å². The second-order valence-corrected chi connectivity index (χ2v) is 23.8. The van der Waals surface area contributed by atoms with Gasteiger partial charge in [0.1, 0.15) is 13.2 Å². The molecule has 0 aliphatic rings. The molecule has 0 fully saturated rings. The number of ether oxygens (including phenoxy) is 3. The molecule has 82 heavy (non-hydrogen) atoms. The van der Waals surface area contributed by atoms with Gasteiger partial charge in [0.05, 0.1) is 0 Å². The zero-order chi connectivity index (χ0) is 59.2. The molecule has 0 bridgehead atoms. The van der Waals surface area contributed by atoms with Crippen LogP contribution in [0.1, 0.15) is 361 Å². The van der Waals surface area contributed by atoms with E-state index in [1.807, 2.05) is 0 Å². The fraction of sp³-hybridized carbons (Fsp3) is 0.776. The maximum Gasteiger partial charge on any atom is 0.306 e. The van der Waals surface area contributed by atoms with Crippen LogP contribution in [0.4, 0.5) is 0 Å². The van der Waals surface area contributed by atoms with Gasteiger partial charge in [-0.25, -0.2) is 0 Å². The van der Waals surface area contributed by atoms with E-state index in [0.29, 0.717) is 19.3 Å². The lowest BCUT2D eigenvalue weighted by Crippen LogP contribution is -2.30. The van der Waals surface area contributed by atoms with E-state index in [2.05, 4.69) is 106 Å². The van der Waals surface area contributed by atoms with Crippen LogP contribution < -0.4 is 0 Å². The molecule has 6 nitrogen and oxygen atoms in total. The normalized spacial score (nSPS) is 12.6. The number of unbranched alkanes of at least 4 members (excludes halogenated alkanes) is 40. The van der Waals surface area contributed by atoms with Gasteiger partial charge in [-0.05, 0) is 96.3 Å². The van der Waals surface area contributed by atoms with Crippen molar-refractivity contribution >= 4 is 17.9 Å². The molecule has 0 spiro atoms. The van der Waals surface area contributed by atoms with Crippen molar-refractivity contribution < 1.29 is 28.6 Å². The van der Waals surface area contributed by atoms with Gasteiger partial charge >= 0.3 is 17.9 Å². The maximum atomic E-state index is 13.0. The molecule has 0 heterocycles. The summed E-state index contributed by atoms with van der Waals surface area (Å²) in [6.45, 7) is 6.56. The van der Waals surface area contributed by atoms with Crippen LogP contribution in [-0.2, 0) is 28.6 Å². The van der Waals surface area contributed by atoms with E-state index in [9.17, 15) is 14.4 Å². The zero-order valence-corrected chi connectivity index (χ0v) is 54.5. The SMILES string of the molecule is CC/C=C\C/C=C\C/C=C\C/C=C\CCCCCCCCCCCCCCC(=O)OCC(COC(=O)CCCCCCCCCCCCCCCCCCCC)OC(=O)CCCCCCCC/C=C\C/C=C\C/C=C\CCCCCCC. The highest BCUT2D eigenvalue weighted by Crippen LogP contribution is 2.18. The molecule has 0 aliphatic carbocycles. The summed E-state index contributed by atoms with van der Waals surface area (Å²) < 4.78 is 17.0. The predicted octanol–water partition coefficient (Wildman–Crippen LogP) is 24.6. The standard InChI is InChI=1S/C76H134O6/c1-4-7-10-13-16-19-22-25-28-31-34-36-37-38-39-41-42-45-48-51-54-57-60-63-66-69-75(78)81-72-73(71-80-74(77)68-65-62-59-56-53-50-47-44-33-30-27-24-21-18-15-12-9-6-3)82-76(79)70-67-64-61-58-55-52-49-46-43-40-35-32-29-26-23-20-17-14-11-8-5-2/h7,10,16,19,23,25-26,28,32,34-36,43,46,73H,4-6,8-9,11-15,17-18,20-22,24,27,29-31,33,37-42,44-45,47-72H2,1-3H3/b10-7-,19-16-,26-23-,28-25-,35-32-,36-34-,46-43-. The van der Waals surface area contributed by atoms with Crippen LogP contribution in [-0.4, -0.2) is 37.2 Å². The third-order valence-electron chi connectivity index (χ3n) is 15.6. The number of esters is 3. The van der Waals surface area contributed by atoms with Gasteiger partial charge in [-0.1, -0.05) is 331 Å². The summed E-state index contributed by atoms with van der Waals surface area (Å²) in [6.07, 6.45) is 93.1. The molecular weight excluding hydrogens is 1010 g/mol. The van der Waals surface area contributed by atoms with Gasteiger partial charge in [-0.15, -0.1) is 0 Å². The molecule has 0 saturated carbocycles. The number of carbonyl (C=O) groups excluding carboxylic acids is 3. The minimum Gasteiger partial charge on any atom is -0.462 e. The molecule has 6 heteroatoms. The average molecular weight is 1140 g/mol. The van der Waals surface area contributed by atoms with Crippen molar-refractivity contribution in [1.29, 1.82) is 0 Å². The Kier molecular flexibility index (Phi) is 67.2. The quantitative estimate of drug-likeness (QED) is 0.0261. The lowest BCUT2D eigenvalue weighted by molar-refractivity contribution is -0.167. The lowest BCUT2D eigenvalue weighted by atomic mass is 10.0. The first-order chi connectivity index (χ1) is 40.5. The van der Waals surface area contributed by atoms with Crippen molar-refractivity contribution in [2.24, 2.45) is 0 Å². The number of rotatable bonds is 65. The first kappa shape index (κ1) is 78.6. The maximum absolute atomic E-state index is 13.0. The summed E-state index contributed by atoms with van der Waals surface area (Å²) >= 11 is 0. The summed E-state index contributed by atoms with van der Waals surface area (Å²) in [5.41, 5.74) is 0. The third-order valence-corrected chi connectivity index (χ3v) is 15.6. The average Bonchev–Trinajstić information content (AvgIpc) is 3.47. The van der Waals surface area contributed by atoms with Gasteiger partial charge in [0.25, 0.3) is 0 Å². The van der Waals surface area contributed by atoms with Crippen LogP contribution in [0, 0.1) is 0 Å². The predicted molar refractivity (Wildman–Crippen MR) is 358 cm³/mol. The van der Waals surface area contributed by atoms with Crippen molar-refractivity contribution in [3.05, 3.63) is 85.1 Å². The Morgan fingerprint density at radius 2 is 0.476 bits per heavy atom. The van der Waals surface area contributed by atoms with Gasteiger partial charge in [-0.3, -0.25) is 14.4 Å². The summed E-state index contributed by atoms with van der Waals surface area (Å²) in [4.78, 5) is 38.5. The number of hydrogen-bond acceptors (Lipinski definition) is 6. The van der Waals surface area contributed by atoms with Gasteiger partial charge in [-0.2, -0.15) is 0 Å². The van der Waals surface area contributed by atoms with Crippen molar-refractivity contribution in [2.45, 2.75) is 367 Å². The molecule has 0 aromatic carbocycles. The molecule has 474 valence electrons. The van der Waals surface area contributed by atoms with Crippen LogP contribution >= 0.6 is 0 Å². The molecule has 1 atom stereocenters. The smallest absolute Gasteiger partial charge is 0.306 e. The van der Waals surface area contributed by atoms with Crippen LogP contribution in [0.15, 0.2) is 85.1 Å². The summed E-state index contributed by atoms with van der Waals surface area (Å²) in [5.74, 6) is -0.872. The van der Waals surface area contributed by atoms with E-state index in [1.54, 1.807) is 0 Å². The topological polar surface area (TPSA) is 78.9 Å². The van der Waals surface area contributed by atoms with E-state index in [0.717, 1.165) is 109 Å².